The van der Waals surface area contributed by atoms with Crippen LogP contribution < -0.4 is 16.2 Å². The highest BCUT2D eigenvalue weighted by molar-refractivity contribution is 5.66. The molecule has 0 saturated heterocycles. The molecule has 0 unspecified atom stereocenters. The van der Waals surface area contributed by atoms with Crippen LogP contribution in [0, 0.1) is 11.6 Å². The van der Waals surface area contributed by atoms with E-state index in [9.17, 15) is 8.78 Å². The maximum atomic E-state index is 13.6. The van der Waals surface area contributed by atoms with E-state index in [1.807, 2.05) is 0 Å². The molecule has 4 N–H and O–H groups in total. The summed E-state index contributed by atoms with van der Waals surface area (Å²) < 4.78 is 31.5. The van der Waals surface area contributed by atoms with Crippen LogP contribution in [0.3, 0.4) is 0 Å². The highest BCUT2D eigenvalue weighted by Gasteiger charge is 2.10. The van der Waals surface area contributed by atoms with Gasteiger partial charge in [0.2, 0.25) is 0 Å². The van der Waals surface area contributed by atoms with E-state index >= 15 is 0 Å². The van der Waals surface area contributed by atoms with E-state index in [4.69, 9.17) is 16.2 Å². The Balaban J connectivity index is 2.30. The van der Waals surface area contributed by atoms with Gasteiger partial charge in [0.15, 0.2) is 11.6 Å². The molecule has 0 aliphatic heterocycles. The zero-order chi connectivity index (χ0) is 12.4. The molecular weight excluding hydrogens is 226 g/mol. The fourth-order valence-electron chi connectivity index (χ4n) is 1.30. The Labute approximate surface area is 96.6 Å². The summed E-state index contributed by atoms with van der Waals surface area (Å²) in [7, 11) is 0. The van der Waals surface area contributed by atoms with Crippen molar-refractivity contribution < 1.29 is 13.5 Å². The van der Waals surface area contributed by atoms with Crippen molar-refractivity contribution in [3.63, 3.8) is 0 Å². The van der Waals surface area contributed by atoms with Crippen LogP contribution in [-0.4, -0.2) is 0 Å². The molecule has 17 heavy (non-hydrogen) atoms. The van der Waals surface area contributed by atoms with Gasteiger partial charge in [-0.15, -0.1) is 0 Å². The van der Waals surface area contributed by atoms with Crippen LogP contribution in [0.15, 0.2) is 36.4 Å². The van der Waals surface area contributed by atoms with Gasteiger partial charge >= 0.3 is 0 Å². The Morgan fingerprint density at radius 2 is 1.53 bits per heavy atom. The summed E-state index contributed by atoms with van der Waals surface area (Å²) in [6.07, 6.45) is 0. The average Bonchev–Trinajstić information content (AvgIpc) is 2.33. The van der Waals surface area contributed by atoms with Gasteiger partial charge in [-0.2, -0.15) is 0 Å². The summed E-state index contributed by atoms with van der Waals surface area (Å²) in [6.45, 7) is 0. The Bertz CT molecular complexity index is 541. The molecule has 5 heteroatoms. The molecule has 3 nitrogen and oxygen atoms in total. The minimum atomic E-state index is -0.727. The molecule has 0 radical (unpaired) electrons. The molecule has 0 spiro atoms. The third-order valence-electron chi connectivity index (χ3n) is 2.22. The van der Waals surface area contributed by atoms with Crippen LogP contribution in [0.1, 0.15) is 0 Å². The number of hydrogen-bond donors (Lipinski definition) is 2. The topological polar surface area (TPSA) is 61.3 Å². The summed E-state index contributed by atoms with van der Waals surface area (Å²) >= 11 is 0. The molecule has 2 rings (SSSR count). The zero-order valence-corrected chi connectivity index (χ0v) is 8.78. The predicted molar refractivity (Wildman–Crippen MR) is 61.7 cm³/mol. The number of anilines is 2. The molecule has 88 valence electrons. The number of hydrogen-bond acceptors (Lipinski definition) is 3. The van der Waals surface area contributed by atoms with Gasteiger partial charge < -0.3 is 16.2 Å². The second-order valence-corrected chi connectivity index (χ2v) is 3.44. The maximum Gasteiger partial charge on any atom is 0.190 e. The molecule has 0 atom stereocenters. The number of ether oxygens (including phenoxy) is 1. The number of rotatable bonds is 2. The highest BCUT2D eigenvalue weighted by Crippen LogP contribution is 2.30. The summed E-state index contributed by atoms with van der Waals surface area (Å²) in [4.78, 5) is 0. The standard InChI is InChI=1S/C12H10F2N2O/c13-7-1-3-8(4-2-7)17-10-6-5-9(15)12(16)11(10)14/h1-6H,15-16H2. The molecule has 0 aromatic heterocycles. The molecule has 0 saturated carbocycles. The van der Waals surface area contributed by atoms with Crippen LogP contribution in [0.2, 0.25) is 0 Å². The Morgan fingerprint density at radius 1 is 0.882 bits per heavy atom. The van der Waals surface area contributed by atoms with Gasteiger partial charge in [-0.05, 0) is 36.4 Å². The first-order valence-electron chi connectivity index (χ1n) is 4.85. The number of nitrogen functional groups attached to an aromatic ring is 2. The number of nitrogens with two attached hydrogens (primary N) is 2. The first kappa shape index (κ1) is 11.2. The Morgan fingerprint density at radius 3 is 2.18 bits per heavy atom. The summed E-state index contributed by atoms with van der Waals surface area (Å²) in [5.41, 5.74) is 10.8. The molecule has 2 aromatic rings. The second-order valence-electron chi connectivity index (χ2n) is 3.44. The van der Waals surface area contributed by atoms with E-state index in [-0.39, 0.29) is 17.1 Å². The summed E-state index contributed by atoms with van der Waals surface area (Å²) in [5.74, 6) is -0.859. The van der Waals surface area contributed by atoms with Crippen LogP contribution in [0.5, 0.6) is 11.5 Å². The van der Waals surface area contributed by atoms with E-state index in [2.05, 4.69) is 0 Å². The SMILES string of the molecule is Nc1ccc(Oc2ccc(F)cc2)c(F)c1N. The Kier molecular flexibility index (Phi) is 2.82. The third kappa shape index (κ3) is 2.28. The molecular formula is C12H10F2N2O. The van der Waals surface area contributed by atoms with Gasteiger partial charge in [0.1, 0.15) is 11.6 Å². The molecule has 0 fully saturated rings. The fraction of sp³-hybridized carbons (Fsp3) is 0. The van der Waals surface area contributed by atoms with Gasteiger partial charge in [0.05, 0.1) is 11.4 Å². The number of benzene rings is 2. The summed E-state index contributed by atoms with van der Waals surface area (Å²) in [5, 5.41) is 0. The van der Waals surface area contributed by atoms with Gasteiger partial charge in [0.25, 0.3) is 0 Å². The quantitative estimate of drug-likeness (QED) is 0.788. The number of halogens is 2. The first-order valence-corrected chi connectivity index (χ1v) is 4.85. The minimum Gasteiger partial charge on any atom is -0.454 e. The molecule has 0 bridgehead atoms. The van der Waals surface area contributed by atoms with Crippen molar-refractivity contribution in [2.45, 2.75) is 0 Å². The second kappa shape index (κ2) is 4.29. The molecule has 0 amide bonds. The highest BCUT2D eigenvalue weighted by atomic mass is 19.1. The van der Waals surface area contributed by atoms with Crippen LogP contribution >= 0.6 is 0 Å². The fourth-order valence-corrected chi connectivity index (χ4v) is 1.30. The van der Waals surface area contributed by atoms with Crippen molar-refractivity contribution in [2.24, 2.45) is 0 Å². The van der Waals surface area contributed by atoms with Crippen molar-refractivity contribution >= 4 is 11.4 Å². The van der Waals surface area contributed by atoms with Gasteiger partial charge in [-0.25, -0.2) is 8.78 Å². The predicted octanol–water partition coefficient (Wildman–Crippen LogP) is 2.92. The van der Waals surface area contributed by atoms with Gasteiger partial charge in [0, 0.05) is 0 Å². The lowest BCUT2D eigenvalue weighted by Crippen LogP contribution is -1.99. The normalized spacial score (nSPS) is 10.2. The van der Waals surface area contributed by atoms with Crippen LogP contribution in [0.4, 0.5) is 20.2 Å². The van der Waals surface area contributed by atoms with E-state index in [0.29, 0.717) is 5.75 Å². The van der Waals surface area contributed by atoms with E-state index in [1.165, 1.54) is 36.4 Å². The van der Waals surface area contributed by atoms with Crippen LogP contribution in [-0.2, 0) is 0 Å². The molecule has 0 heterocycles. The average molecular weight is 236 g/mol. The Hall–Kier alpha value is -2.30. The summed E-state index contributed by atoms with van der Waals surface area (Å²) in [6, 6.07) is 8.02. The van der Waals surface area contributed by atoms with E-state index in [0.717, 1.165) is 0 Å². The lowest BCUT2D eigenvalue weighted by atomic mass is 10.2. The minimum absolute atomic E-state index is 0.0525. The maximum absolute atomic E-state index is 13.6. The van der Waals surface area contributed by atoms with Gasteiger partial charge in [-0.3, -0.25) is 0 Å². The van der Waals surface area contributed by atoms with Crippen molar-refractivity contribution in [3.05, 3.63) is 48.0 Å². The van der Waals surface area contributed by atoms with E-state index < -0.39 is 11.6 Å². The molecule has 0 aliphatic carbocycles. The van der Waals surface area contributed by atoms with Gasteiger partial charge in [-0.1, -0.05) is 0 Å². The lowest BCUT2D eigenvalue weighted by molar-refractivity contribution is 0.443. The molecule has 0 aliphatic rings. The zero-order valence-electron chi connectivity index (χ0n) is 8.78. The monoisotopic (exact) mass is 236 g/mol. The first-order chi connectivity index (χ1) is 8.08. The van der Waals surface area contributed by atoms with Crippen molar-refractivity contribution in [2.75, 3.05) is 11.5 Å². The van der Waals surface area contributed by atoms with Crippen molar-refractivity contribution in [1.82, 2.24) is 0 Å². The van der Waals surface area contributed by atoms with Crippen molar-refractivity contribution in [1.29, 1.82) is 0 Å². The lowest BCUT2D eigenvalue weighted by Gasteiger charge is -2.09. The van der Waals surface area contributed by atoms with Crippen LogP contribution in [0.25, 0.3) is 0 Å². The molecule has 2 aromatic carbocycles. The van der Waals surface area contributed by atoms with E-state index in [1.54, 1.807) is 0 Å². The third-order valence-corrected chi connectivity index (χ3v) is 2.22. The largest absolute Gasteiger partial charge is 0.454 e. The van der Waals surface area contributed by atoms with Crippen molar-refractivity contribution in [3.8, 4) is 11.5 Å². The smallest absolute Gasteiger partial charge is 0.190 e.